The van der Waals surface area contributed by atoms with Gasteiger partial charge in [0, 0.05) is 24.7 Å². The number of H-pyrrole nitrogens is 1. The van der Waals surface area contributed by atoms with E-state index >= 15 is 0 Å². The SMILES string of the molecule is CSCCC(N)C(=O)NC(Cc1ccc(O)cc1)C(=O)NC(Cc1cnc[nH]1)C(=O)NC(C(=O)O)C(C)C. The maximum atomic E-state index is 13.4. The van der Waals surface area contributed by atoms with Crippen LogP contribution in [0.3, 0.4) is 0 Å². The normalized spacial score (nSPS) is 14.2. The van der Waals surface area contributed by atoms with Crippen LogP contribution in [0, 0.1) is 5.92 Å². The molecule has 0 aliphatic heterocycles. The van der Waals surface area contributed by atoms with Crippen LogP contribution in [0.1, 0.15) is 31.5 Å². The van der Waals surface area contributed by atoms with Gasteiger partial charge in [0.15, 0.2) is 0 Å². The third-order valence-corrected chi connectivity index (χ3v) is 6.47. The maximum Gasteiger partial charge on any atom is 0.326 e. The number of nitrogens with one attached hydrogen (secondary N) is 4. The van der Waals surface area contributed by atoms with E-state index in [1.807, 2.05) is 6.26 Å². The number of carboxylic acid groups (broad SMARTS) is 1. The lowest BCUT2D eigenvalue weighted by atomic mass is 10.0. The maximum absolute atomic E-state index is 13.4. The van der Waals surface area contributed by atoms with E-state index in [1.165, 1.54) is 24.7 Å². The Morgan fingerprint density at radius 2 is 1.61 bits per heavy atom. The number of carbonyl (C=O) groups excluding carboxylic acids is 3. The molecule has 4 atom stereocenters. The second-order valence-corrected chi connectivity index (χ2v) is 10.2. The topological polar surface area (TPSA) is 200 Å². The summed E-state index contributed by atoms with van der Waals surface area (Å²) in [6.45, 7) is 3.32. The van der Waals surface area contributed by atoms with E-state index in [2.05, 4.69) is 25.9 Å². The second-order valence-electron chi connectivity index (χ2n) is 9.23. The molecule has 0 saturated carbocycles. The number of hydrogen-bond acceptors (Lipinski definition) is 8. The number of amides is 3. The molecule has 0 radical (unpaired) electrons. The van der Waals surface area contributed by atoms with Crippen molar-refractivity contribution in [1.29, 1.82) is 0 Å². The van der Waals surface area contributed by atoms with Crippen molar-refractivity contribution < 1.29 is 29.4 Å². The first kappa shape index (κ1) is 30.6. The fraction of sp³-hybridized carbons (Fsp3) is 0.480. The quantitative estimate of drug-likeness (QED) is 0.162. The summed E-state index contributed by atoms with van der Waals surface area (Å²) >= 11 is 1.54. The molecule has 2 aromatic rings. The van der Waals surface area contributed by atoms with Gasteiger partial charge in [-0.2, -0.15) is 11.8 Å². The summed E-state index contributed by atoms with van der Waals surface area (Å²) in [6, 6.07) is 1.91. The van der Waals surface area contributed by atoms with Crippen LogP contribution in [-0.4, -0.2) is 80.0 Å². The van der Waals surface area contributed by atoms with Gasteiger partial charge in [-0.15, -0.1) is 0 Å². The third-order valence-electron chi connectivity index (χ3n) is 5.82. The summed E-state index contributed by atoms with van der Waals surface area (Å²) in [7, 11) is 0. The van der Waals surface area contributed by atoms with Crippen molar-refractivity contribution in [3.8, 4) is 5.75 Å². The van der Waals surface area contributed by atoms with Gasteiger partial charge in [0.25, 0.3) is 0 Å². The van der Waals surface area contributed by atoms with Crippen molar-refractivity contribution in [2.75, 3.05) is 12.0 Å². The number of hydrogen-bond donors (Lipinski definition) is 7. The van der Waals surface area contributed by atoms with Crippen molar-refractivity contribution in [2.24, 2.45) is 11.7 Å². The minimum absolute atomic E-state index is 0.00905. The zero-order chi connectivity index (χ0) is 28.2. The lowest BCUT2D eigenvalue weighted by molar-refractivity contribution is -0.143. The average molecular weight is 549 g/mol. The Labute approximate surface area is 225 Å². The molecule has 0 fully saturated rings. The van der Waals surface area contributed by atoms with Crippen LogP contribution in [0.5, 0.6) is 5.75 Å². The van der Waals surface area contributed by atoms with Gasteiger partial charge in [-0.1, -0.05) is 26.0 Å². The van der Waals surface area contributed by atoms with Crippen molar-refractivity contribution in [2.45, 2.75) is 57.3 Å². The highest BCUT2D eigenvalue weighted by molar-refractivity contribution is 7.98. The van der Waals surface area contributed by atoms with Gasteiger partial charge in [0.1, 0.15) is 23.9 Å². The molecule has 0 aliphatic rings. The van der Waals surface area contributed by atoms with Crippen LogP contribution in [0.15, 0.2) is 36.8 Å². The van der Waals surface area contributed by atoms with Gasteiger partial charge in [-0.05, 0) is 42.0 Å². The fourth-order valence-electron chi connectivity index (χ4n) is 3.60. The molecule has 208 valence electrons. The summed E-state index contributed by atoms with van der Waals surface area (Å²) in [5, 5.41) is 26.9. The van der Waals surface area contributed by atoms with Gasteiger partial charge < -0.3 is 36.9 Å². The van der Waals surface area contributed by atoms with Crippen LogP contribution in [0.25, 0.3) is 0 Å². The van der Waals surface area contributed by atoms with E-state index < -0.39 is 53.8 Å². The number of aromatic hydroxyl groups is 1. The van der Waals surface area contributed by atoms with Crippen LogP contribution in [-0.2, 0) is 32.0 Å². The third kappa shape index (κ3) is 9.71. The molecule has 1 aromatic carbocycles. The summed E-state index contributed by atoms with van der Waals surface area (Å²) in [5.74, 6) is -2.75. The number of carbonyl (C=O) groups is 4. The smallest absolute Gasteiger partial charge is 0.326 e. The Balaban J connectivity index is 2.27. The molecule has 3 amide bonds. The fourth-order valence-corrected chi connectivity index (χ4v) is 4.09. The minimum atomic E-state index is -1.20. The van der Waals surface area contributed by atoms with Crippen LogP contribution >= 0.6 is 11.8 Å². The van der Waals surface area contributed by atoms with Crippen molar-refractivity contribution in [1.82, 2.24) is 25.9 Å². The minimum Gasteiger partial charge on any atom is -0.508 e. The number of phenols is 1. The lowest BCUT2D eigenvalue weighted by Crippen LogP contribution is -2.58. The first-order valence-electron chi connectivity index (χ1n) is 12.1. The molecular formula is C25H36N6O6S. The van der Waals surface area contributed by atoms with Crippen molar-refractivity contribution in [3.05, 3.63) is 48.0 Å². The van der Waals surface area contributed by atoms with E-state index in [0.29, 0.717) is 23.4 Å². The number of carboxylic acids is 1. The Kier molecular flexibility index (Phi) is 12.1. The average Bonchev–Trinajstić information content (AvgIpc) is 3.38. The molecule has 38 heavy (non-hydrogen) atoms. The summed E-state index contributed by atoms with van der Waals surface area (Å²) in [4.78, 5) is 57.8. The van der Waals surface area contributed by atoms with Crippen LogP contribution in [0.4, 0.5) is 0 Å². The number of benzene rings is 1. The highest BCUT2D eigenvalue weighted by Gasteiger charge is 2.31. The lowest BCUT2D eigenvalue weighted by Gasteiger charge is -2.26. The number of aromatic nitrogens is 2. The van der Waals surface area contributed by atoms with Crippen molar-refractivity contribution in [3.63, 3.8) is 0 Å². The molecular weight excluding hydrogens is 512 g/mol. The first-order valence-corrected chi connectivity index (χ1v) is 13.5. The number of aromatic amines is 1. The standard InChI is InChI=1S/C25H36N6O6S/c1-14(2)21(25(36)37)31-24(35)20(11-16-12-27-13-28-16)30-23(34)19(10-15-4-6-17(32)7-5-15)29-22(33)18(26)8-9-38-3/h4-7,12-14,18-21,32H,8-11,26H2,1-3H3,(H,27,28)(H,29,33)(H,30,34)(H,31,35)(H,36,37). The molecule has 2 rings (SSSR count). The largest absolute Gasteiger partial charge is 0.508 e. The molecule has 1 aromatic heterocycles. The molecule has 0 aliphatic carbocycles. The molecule has 0 saturated heterocycles. The Morgan fingerprint density at radius 1 is 1.00 bits per heavy atom. The van der Waals surface area contributed by atoms with E-state index in [0.717, 1.165) is 0 Å². The van der Waals surface area contributed by atoms with E-state index in [1.54, 1.807) is 37.7 Å². The van der Waals surface area contributed by atoms with E-state index in [4.69, 9.17) is 5.73 Å². The van der Waals surface area contributed by atoms with E-state index in [9.17, 15) is 29.4 Å². The molecule has 1 heterocycles. The van der Waals surface area contributed by atoms with Gasteiger partial charge in [0.05, 0.1) is 12.4 Å². The number of imidazole rings is 1. The number of nitrogens with zero attached hydrogens (tertiary/aromatic N) is 1. The monoisotopic (exact) mass is 548 g/mol. The summed E-state index contributed by atoms with van der Waals surface area (Å²) in [5.41, 5.74) is 7.19. The molecule has 0 spiro atoms. The Morgan fingerprint density at radius 3 is 2.16 bits per heavy atom. The Bertz CT molecular complexity index is 1060. The molecule has 0 bridgehead atoms. The Hall–Kier alpha value is -3.58. The number of rotatable bonds is 15. The number of nitrogens with two attached hydrogens (primary N) is 1. The number of aliphatic carboxylic acids is 1. The molecule has 13 heteroatoms. The van der Waals surface area contributed by atoms with Gasteiger partial charge in [0.2, 0.25) is 17.7 Å². The summed E-state index contributed by atoms with van der Waals surface area (Å²) in [6.07, 6.45) is 5.29. The molecule has 8 N–H and O–H groups in total. The van der Waals surface area contributed by atoms with E-state index in [-0.39, 0.29) is 18.6 Å². The first-order chi connectivity index (χ1) is 18.0. The predicted octanol–water partition coefficient (Wildman–Crippen LogP) is 0.176. The van der Waals surface area contributed by atoms with Crippen LogP contribution < -0.4 is 21.7 Å². The van der Waals surface area contributed by atoms with Gasteiger partial charge in [-0.25, -0.2) is 9.78 Å². The van der Waals surface area contributed by atoms with Gasteiger partial charge in [-0.3, -0.25) is 14.4 Å². The molecule has 12 nitrogen and oxygen atoms in total. The van der Waals surface area contributed by atoms with Crippen LogP contribution in [0.2, 0.25) is 0 Å². The zero-order valence-corrected chi connectivity index (χ0v) is 22.5. The number of phenolic OH excluding ortho intramolecular Hbond substituents is 1. The zero-order valence-electron chi connectivity index (χ0n) is 21.6. The molecule has 4 unspecified atom stereocenters. The van der Waals surface area contributed by atoms with Crippen molar-refractivity contribution >= 4 is 35.5 Å². The second kappa shape index (κ2) is 15.0. The number of thioether (sulfide) groups is 1. The highest BCUT2D eigenvalue weighted by atomic mass is 32.2. The van der Waals surface area contributed by atoms with Gasteiger partial charge >= 0.3 is 5.97 Å². The predicted molar refractivity (Wildman–Crippen MR) is 143 cm³/mol. The highest BCUT2D eigenvalue weighted by Crippen LogP contribution is 2.12. The summed E-state index contributed by atoms with van der Waals surface area (Å²) < 4.78 is 0.